The molecular weight excluding hydrogens is 177 g/mol. The third-order valence-electron chi connectivity index (χ3n) is 1.34. The van der Waals surface area contributed by atoms with Gasteiger partial charge in [0.25, 0.3) is 6.43 Å². The molecule has 0 aromatic carbocycles. The van der Waals surface area contributed by atoms with Gasteiger partial charge in [0.15, 0.2) is 6.17 Å². The lowest BCUT2D eigenvalue weighted by Gasteiger charge is -2.10. The molecule has 1 aliphatic heterocycles. The molecule has 0 saturated carbocycles. The number of halogens is 3. The minimum absolute atomic E-state index is 0.529. The summed E-state index contributed by atoms with van der Waals surface area (Å²) in [5, 5.41) is 8.69. The maximum Gasteiger partial charge on any atom is 0.333 e. The lowest BCUT2D eigenvalue weighted by Crippen LogP contribution is -2.22. The molecule has 1 N–H and O–H groups in total. The molecule has 1 heterocycles. The van der Waals surface area contributed by atoms with E-state index in [9.17, 15) is 18.0 Å². The summed E-state index contributed by atoms with van der Waals surface area (Å²) in [5.41, 5.74) is -0.727. The Morgan fingerprint density at radius 2 is 2.08 bits per heavy atom. The van der Waals surface area contributed by atoms with Crippen LogP contribution in [0.25, 0.3) is 0 Å². The Morgan fingerprint density at radius 3 is 2.42 bits per heavy atom. The standard InChI is InChI=1S/C6H5F3O3/c7-4(5(8)9)2-1-3(10)12-6(2)11/h1,4-6,11H. The molecule has 0 radical (unpaired) electrons. The van der Waals surface area contributed by atoms with E-state index in [0.717, 1.165) is 0 Å². The van der Waals surface area contributed by atoms with Crippen molar-refractivity contribution in [2.75, 3.05) is 0 Å². The molecule has 0 aliphatic carbocycles. The van der Waals surface area contributed by atoms with Gasteiger partial charge in [0, 0.05) is 11.6 Å². The number of hydrogen-bond donors (Lipinski definition) is 1. The van der Waals surface area contributed by atoms with Crippen LogP contribution >= 0.6 is 0 Å². The maximum atomic E-state index is 12.4. The van der Waals surface area contributed by atoms with Gasteiger partial charge < -0.3 is 9.84 Å². The molecule has 0 bridgehead atoms. The predicted molar refractivity (Wildman–Crippen MR) is 31.1 cm³/mol. The first-order chi connectivity index (χ1) is 5.52. The Kier molecular flexibility index (Phi) is 2.37. The van der Waals surface area contributed by atoms with E-state index in [2.05, 4.69) is 4.74 Å². The fourth-order valence-electron chi connectivity index (χ4n) is 0.781. The molecule has 6 heteroatoms. The first-order valence-electron chi connectivity index (χ1n) is 3.04. The lowest BCUT2D eigenvalue weighted by atomic mass is 10.1. The Balaban J connectivity index is 2.74. The minimum Gasteiger partial charge on any atom is -0.429 e. The van der Waals surface area contributed by atoms with Crippen LogP contribution in [-0.2, 0) is 9.53 Å². The summed E-state index contributed by atoms with van der Waals surface area (Å²) >= 11 is 0. The molecule has 68 valence electrons. The highest BCUT2D eigenvalue weighted by Crippen LogP contribution is 2.23. The van der Waals surface area contributed by atoms with Crippen molar-refractivity contribution in [3.8, 4) is 0 Å². The predicted octanol–water partition coefficient (Wildman–Crippen LogP) is 0.391. The molecule has 0 amide bonds. The van der Waals surface area contributed by atoms with E-state index in [1.807, 2.05) is 0 Å². The van der Waals surface area contributed by atoms with Gasteiger partial charge in [-0.1, -0.05) is 0 Å². The van der Waals surface area contributed by atoms with Crippen LogP contribution in [-0.4, -0.2) is 30.0 Å². The van der Waals surface area contributed by atoms with Crippen molar-refractivity contribution in [1.82, 2.24) is 0 Å². The summed E-state index contributed by atoms with van der Waals surface area (Å²) in [6, 6.07) is 0. The zero-order valence-corrected chi connectivity index (χ0v) is 5.71. The van der Waals surface area contributed by atoms with Gasteiger partial charge in [0.05, 0.1) is 0 Å². The average Bonchev–Trinajstić information content (AvgIpc) is 2.28. The zero-order chi connectivity index (χ0) is 9.30. The van der Waals surface area contributed by atoms with Gasteiger partial charge in [-0.05, 0) is 0 Å². The summed E-state index contributed by atoms with van der Waals surface area (Å²) in [4.78, 5) is 10.3. The number of cyclic esters (lactones) is 1. The van der Waals surface area contributed by atoms with E-state index in [1.165, 1.54) is 0 Å². The maximum absolute atomic E-state index is 12.4. The second-order valence-electron chi connectivity index (χ2n) is 2.17. The highest BCUT2D eigenvalue weighted by molar-refractivity contribution is 5.85. The van der Waals surface area contributed by atoms with Gasteiger partial charge >= 0.3 is 5.97 Å². The van der Waals surface area contributed by atoms with E-state index in [1.54, 1.807) is 0 Å². The van der Waals surface area contributed by atoms with E-state index >= 15 is 0 Å². The van der Waals surface area contributed by atoms with Gasteiger partial charge in [-0.3, -0.25) is 0 Å². The molecule has 2 unspecified atom stereocenters. The third kappa shape index (κ3) is 1.58. The SMILES string of the molecule is O=C1C=C(C(F)C(F)F)C(O)O1. The molecule has 2 atom stereocenters. The fourth-order valence-corrected chi connectivity index (χ4v) is 0.781. The summed E-state index contributed by atoms with van der Waals surface area (Å²) in [7, 11) is 0. The smallest absolute Gasteiger partial charge is 0.333 e. The molecule has 1 rings (SSSR count). The quantitative estimate of drug-likeness (QED) is 0.628. The monoisotopic (exact) mass is 182 g/mol. The van der Waals surface area contributed by atoms with Crippen molar-refractivity contribution in [2.45, 2.75) is 18.9 Å². The molecule has 12 heavy (non-hydrogen) atoms. The topological polar surface area (TPSA) is 46.5 Å². The van der Waals surface area contributed by atoms with Crippen molar-refractivity contribution >= 4 is 5.97 Å². The molecule has 1 aliphatic rings. The Morgan fingerprint density at radius 1 is 1.50 bits per heavy atom. The van der Waals surface area contributed by atoms with Gasteiger partial charge in [-0.25, -0.2) is 18.0 Å². The van der Waals surface area contributed by atoms with Crippen molar-refractivity contribution in [3.63, 3.8) is 0 Å². The summed E-state index contributed by atoms with van der Waals surface area (Å²) in [5.74, 6) is -1.01. The van der Waals surface area contributed by atoms with Crippen LogP contribution in [0.2, 0.25) is 0 Å². The van der Waals surface area contributed by atoms with Crippen molar-refractivity contribution < 1.29 is 27.8 Å². The van der Waals surface area contributed by atoms with Crippen molar-refractivity contribution in [2.24, 2.45) is 0 Å². The molecule has 0 fully saturated rings. The molecule has 0 spiro atoms. The first-order valence-corrected chi connectivity index (χ1v) is 3.04. The first kappa shape index (κ1) is 9.05. The second-order valence-corrected chi connectivity index (χ2v) is 2.17. The van der Waals surface area contributed by atoms with Crippen molar-refractivity contribution in [1.29, 1.82) is 0 Å². The Hall–Kier alpha value is -1.04. The van der Waals surface area contributed by atoms with Gasteiger partial charge in [-0.2, -0.15) is 0 Å². The van der Waals surface area contributed by atoms with Crippen LogP contribution in [0.4, 0.5) is 13.2 Å². The number of rotatable bonds is 2. The molecular formula is C6H5F3O3. The van der Waals surface area contributed by atoms with E-state index in [0.29, 0.717) is 6.08 Å². The number of ether oxygens (including phenoxy) is 1. The summed E-state index contributed by atoms with van der Waals surface area (Å²) in [6.45, 7) is 0. The lowest BCUT2D eigenvalue weighted by molar-refractivity contribution is -0.152. The molecule has 0 aromatic heterocycles. The average molecular weight is 182 g/mol. The van der Waals surface area contributed by atoms with Crippen LogP contribution in [0.1, 0.15) is 0 Å². The largest absolute Gasteiger partial charge is 0.429 e. The summed E-state index contributed by atoms with van der Waals surface area (Å²) in [6.07, 6.45) is -7.25. The van der Waals surface area contributed by atoms with Gasteiger partial charge in [0.1, 0.15) is 0 Å². The van der Waals surface area contributed by atoms with E-state index in [-0.39, 0.29) is 0 Å². The van der Waals surface area contributed by atoms with Crippen LogP contribution in [0.5, 0.6) is 0 Å². The van der Waals surface area contributed by atoms with Crippen LogP contribution in [0.3, 0.4) is 0 Å². The molecule has 0 saturated heterocycles. The Labute approximate surface area is 65.4 Å². The number of alkyl halides is 3. The summed E-state index contributed by atoms with van der Waals surface area (Å²) < 4.78 is 39.8. The zero-order valence-electron chi connectivity index (χ0n) is 5.71. The van der Waals surface area contributed by atoms with Crippen LogP contribution in [0, 0.1) is 0 Å². The highest BCUT2D eigenvalue weighted by Gasteiger charge is 2.35. The number of esters is 1. The fraction of sp³-hybridized carbons (Fsp3) is 0.500. The third-order valence-corrected chi connectivity index (χ3v) is 1.34. The van der Waals surface area contributed by atoms with Gasteiger partial charge in [-0.15, -0.1) is 0 Å². The minimum atomic E-state index is -3.26. The highest BCUT2D eigenvalue weighted by atomic mass is 19.3. The number of carbonyl (C=O) groups is 1. The van der Waals surface area contributed by atoms with Crippen molar-refractivity contribution in [3.05, 3.63) is 11.6 Å². The number of hydrogen-bond acceptors (Lipinski definition) is 3. The number of aliphatic hydroxyl groups is 1. The molecule has 3 nitrogen and oxygen atoms in total. The van der Waals surface area contributed by atoms with E-state index < -0.39 is 30.4 Å². The van der Waals surface area contributed by atoms with E-state index in [4.69, 9.17) is 5.11 Å². The molecule has 0 aromatic rings. The number of carbonyl (C=O) groups excluding carboxylic acids is 1. The normalized spacial score (nSPS) is 25.6. The number of aliphatic hydroxyl groups excluding tert-OH is 1. The van der Waals surface area contributed by atoms with Crippen LogP contribution in [0.15, 0.2) is 11.6 Å². The van der Waals surface area contributed by atoms with Gasteiger partial charge in [0.2, 0.25) is 6.29 Å². The van der Waals surface area contributed by atoms with Crippen LogP contribution < -0.4 is 0 Å². The Bertz CT molecular complexity index is 226. The second kappa shape index (κ2) is 3.14.